The highest BCUT2D eigenvalue weighted by molar-refractivity contribution is 6.30. The molecule has 0 aliphatic heterocycles. The van der Waals surface area contributed by atoms with Crippen LogP contribution in [0.1, 0.15) is 51.0 Å². The molecule has 1 aliphatic rings. The molecule has 0 radical (unpaired) electrons. The Hall–Kier alpha value is -1.95. The van der Waals surface area contributed by atoms with Crippen molar-refractivity contribution in [3.05, 3.63) is 58.9 Å². The van der Waals surface area contributed by atoms with Crippen LogP contribution in [0.15, 0.2) is 42.5 Å². The zero-order valence-electron chi connectivity index (χ0n) is 17.3. The van der Waals surface area contributed by atoms with Crippen LogP contribution >= 0.6 is 11.6 Å². The standard InChI is InChI=1S/C24H30ClFN2O2/c1-2-3-4-11-24(27,23(29)30)18-13-20(14-18)28-15-16-5-10-21(22(26)12-16)17-6-8-19(25)9-7-17/h5-10,12,18,20,28H,2-4,11,13-15,27H2,1H3,(H,29,30). The molecular weight excluding hydrogens is 403 g/mol. The Morgan fingerprint density at radius 2 is 1.93 bits per heavy atom. The lowest BCUT2D eigenvalue weighted by atomic mass is 9.66. The first kappa shape index (κ1) is 22.7. The fourth-order valence-electron chi connectivity index (χ4n) is 4.15. The van der Waals surface area contributed by atoms with E-state index in [1.165, 1.54) is 0 Å². The largest absolute Gasteiger partial charge is 0.480 e. The predicted octanol–water partition coefficient (Wildman–Crippen LogP) is 5.38. The van der Waals surface area contributed by atoms with E-state index in [1.807, 2.05) is 6.07 Å². The molecule has 0 spiro atoms. The number of carbonyl (C=O) groups is 1. The van der Waals surface area contributed by atoms with E-state index in [1.54, 1.807) is 36.4 Å². The zero-order valence-corrected chi connectivity index (χ0v) is 18.1. The maximum atomic E-state index is 14.6. The Labute approximate surface area is 182 Å². The van der Waals surface area contributed by atoms with Gasteiger partial charge in [0.25, 0.3) is 0 Å². The second-order valence-corrected chi connectivity index (χ2v) is 8.81. The van der Waals surface area contributed by atoms with Gasteiger partial charge in [-0.2, -0.15) is 0 Å². The predicted molar refractivity (Wildman–Crippen MR) is 119 cm³/mol. The van der Waals surface area contributed by atoms with Crippen LogP contribution in [-0.4, -0.2) is 22.7 Å². The molecule has 0 amide bonds. The summed E-state index contributed by atoms with van der Waals surface area (Å²) in [6, 6.07) is 12.5. The van der Waals surface area contributed by atoms with Gasteiger partial charge in [0.05, 0.1) is 0 Å². The molecule has 0 aromatic heterocycles. The van der Waals surface area contributed by atoms with Crippen molar-refractivity contribution in [2.75, 3.05) is 0 Å². The van der Waals surface area contributed by atoms with Crippen LogP contribution in [0.25, 0.3) is 11.1 Å². The van der Waals surface area contributed by atoms with Gasteiger partial charge in [-0.1, -0.05) is 62.1 Å². The number of hydrogen-bond acceptors (Lipinski definition) is 3. The number of nitrogens with two attached hydrogens (primary N) is 1. The van der Waals surface area contributed by atoms with Crippen molar-refractivity contribution in [3.63, 3.8) is 0 Å². The Balaban J connectivity index is 1.53. The minimum atomic E-state index is -1.14. The number of carboxylic acids is 1. The highest BCUT2D eigenvalue weighted by Gasteiger charge is 2.47. The lowest BCUT2D eigenvalue weighted by Crippen LogP contribution is -2.60. The van der Waals surface area contributed by atoms with E-state index in [0.717, 1.165) is 43.2 Å². The molecule has 1 fully saturated rings. The van der Waals surface area contributed by atoms with E-state index in [4.69, 9.17) is 17.3 Å². The van der Waals surface area contributed by atoms with Crippen LogP contribution < -0.4 is 11.1 Å². The summed E-state index contributed by atoms with van der Waals surface area (Å²) in [5.74, 6) is -1.19. The Kier molecular flexibility index (Phi) is 7.50. The number of unbranched alkanes of at least 4 members (excludes halogenated alkanes) is 2. The van der Waals surface area contributed by atoms with Gasteiger partial charge >= 0.3 is 5.97 Å². The molecule has 30 heavy (non-hydrogen) atoms. The summed E-state index contributed by atoms with van der Waals surface area (Å²) in [4.78, 5) is 11.7. The van der Waals surface area contributed by atoms with Gasteiger partial charge < -0.3 is 16.2 Å². The van der Waals surface area contributed by atoms with Crippen LogP contribution in [0, 0.1) is 11.7 Å². The van der Waals surface area contributed by atoms with Crippen LogP contribution in [0.4, 0.5) is 4.39 Å². The first-order valence-electron chi connectivity index (χ1n) is 10.6. The number of aliphatic carboxylic acids is 1. The third-order valence-corrected chi connectivity index (χ3v) is 6.49. The Morgan fingerprint density at radius 3 is 2.53 bits per heavy atom. The van der Waals surface area contributed by atoms with E-state index < -0.39 is 11.5 Å². The number of rotatable bonds is 10. The smallest absolute Gasteiger partial charge is 0.323 e. The summed E-state index contributed by atoms with van der Waals surface area (Å²) in [6.45, 7) is 2.63. The van der Waals surface area contributed by atoms with Gasteiger partial charge in [0.2, 0.25) is 0 Å². The second kappa shape index (κ2) is 9.90. The van der Waals surface area contributed by atoms with Gasteiger partial charge in [0, 0.05) is 23.2 Å². The molecule has 162 valence electrons. The molecule has 0 heterocycles. The fourth-order valence-corrected chi connectivity index (χ4v) is 4.28. The number of halogens is 2. The van der Waals surface area contributed by atoms with Crippen molar-refractivity contribution in [3.8, 4) is 11.1 Å². The normalized spacial score (nSPS) is 20.4. The lowest BCUT2D eigenvalue weighted by Gasteiger charge is -2.45. The quantitative estimate of drug-likeness (QED) is 0.441. The van der Waals surface area contributed by atoms with Crippen molar-refractivity contribution < 1.29 is 14.3 Å². The van der Waals surface area contributed by atoms with Gasteiger partial charge in [-0.3, -0.25) is 4.79 Å². The van der Waals surface area contributed by atoms with Gasteiger partial charge in [-0.15, -0.1) is 0 Å². The van der Waals surface area contributed by atoms with Gasteiger partial charge in [0.15, 0.2) is 0 Å². The van der Waals surface area contributed by atoms with E-state index in [-0.39, 0.29) is 17.8 Å². The van der Waals surface area contributed by atoms with Crippen LogP contribution in [0.5, 0.6) is 0 Å². The SMILES string of the molecule is CCCCCC(N)(C(=O)O)C1CC(NCc2ccc(-c3ccc(Cl)cc3)c(F)c2)C1. The average molecular weight is 433 g/mol. The summed E-state index contributed by atoms with van der Waals surface area (Å²) in [5, 5.41) is 13.7. The molecule has 2 aromatic carbocycles. The summed E-state index contributed by atoms with van der Waals surface area (Å²) >= 11 is 5.90. The van der Waals surface area contributed by atoms with Crippen LogP contribution in [0.2, 0.25) is 5.02 Å². The van der Waals surface area contributed by atoms with E-state index in [2.05, 4.69) is 12.2 Å². The molecular formula is C24H30ClFN2O2. The maximum absolute atomic E-state index is 14.6. The molecule has 0 bridgehead atoms. The van der Waals surface area contributed by atoms with Crippen molar-refractivity contribution in [2.24, 2.45) is 11.7 Å². The van der Waals surface area contributed by atoms with Crippen molar-refractivity contribution in [2.45, 2.75) is 63.6 Å². The topological polar surface area (TPSA) is 75.4 Å². The molecule has 1 saturated carbocycles. The minimum Gasteiger partial charge on any atom is -0.480 e. The Bertz CT molecular complexity index is 868. The van der Waals surface area contributed by atoms with Gasteiger partial charge in [-0.25, -0.2) is 4.39 Å². The average Bonchev–Trinajstić information content (AvgIpc) is 2.68. The molecule has 3 rings (SSSR count). The summed E-state index contributed by atoms with van der Waals surface area (Å²) in [7, 11) is 0. The molecule has 2 aromatic rings. The molecule has 4 nitrogen and oxygen atoms in total. The number of hydrogen-bond donors (Lipinski definition) is 3. The van der Waals surface area contributed by atoms with Crippen molar-refractivity contribution in [1.29, 1.82) is 0 Å². The second-order valence-electron chi connectivity index (χ2n) is 8.37. The van der Waals surface area contributed by atoms with Crippen LogP contribution in [-0.2, 0) is 11.3 Å². The van der Waals surface area contributed by atoms with Gasteiger partial charge in [-0.05, 0) is 54.5 Å². The lowest BCUT2D eigenvalue weighted by molar-refractivity contribution is -0.148. The molecule has 1 atom stereocenters. The van der Waals surface area contributed by atoms with Gasteiger partial charge in [0.1, 0.15) is 11.4 Å². The Morgan fingerprint density at radius 1 is 1.23 bits per heavy atom. The first-order valence-corrected chi connectivity index (χ1v) is 11.0. The van der Waals surface area contributed by atoms with Crippen molar-refractivity contribution in [1.82, 2.24) is 5.32 Å². The molecule has 1 unspecified atom stereocenters. The fraction of sp³-hybridized carbons (Fsp3) is 0.458. The number of carboxylic acid groups (broad SMARTS) is 1. The first-order chi connectivity index (χ1) is 14.3. The molecule has 4 N–H and O–H groups in total. The number of benzene rings is 2. The van der Waals surface area contributed by atoms with Crippen molar-refractivity contribution >= 4 is 17.6 Å². The van der Waals surface area contributed by atoms with E-state index >= 15 is 0 Å². The molecule has 6 heteroatoms. The zero-order chi connectivity index (χ0) is 21.7. The monoisotopic (exact) mass is 432 g/mol. The summed E-state index contributed by atoms with van der Waals surface area (Å²) in [6.07, 6.45) is 4.87. The summed E-state index contributed by atoms with van der Waals surface area (Å²) in [5.41, 5.74) is 7.32. The van der Waals surface area contributed by atoms with E-state index in [9.17, 15) is 14.3 Å². The minimum absolute atomic E-state index is 0.0200. The number of nitrogens with one attached hydrogen (secondary N) is 1. The molecule has 0 saturated heterocycles. The molecule has 1 aliphatic carbocycles. The summed E-state index contributed by atoms with van der Waals surface area (Å²) < 4.78 is 14.6. The van der Waals surface area contributed by atoms with E-state index in [0.29, 0.717) is 23.6 Å². The highest BCUT2D eigenvalue weighted by Crippen LogP contribution is 2.38. The highest BCUT2D eigenvalue weighted by atomic mass is 35.5. The maximum Gasteiger partial charge on any atom is 0.323 e. The third-order valence-electron chi connectivity index (χ3n) is 6.24. The van der Waals surface area contributed by atoms with Crippen LogP contribution in [0.3, 0.4) is 0 Å². The third kappa shape index (κ3) is 5.20.